The van der Waals surface area contributed by atoms with Crippen molar-refractivity contribution < 1.29 is 18.6 Å². The monoisotopic (exact) mass is 387 g/mol. The third kappa shape index (κ3) is 3.74. The van der Waals surface area contributed by atoms with Gasteiger partial charge in [0.25, 0.3) is 5.91 Å². The van der Waals surface area contributed by atoms with Gasteiger partial charge in [-0.15, -0.1) is 5.10 Å². The van der Waals surface area contributed by atoms with E-state index in [9.17, 15) is 4.79 Å². The lowest BCUT2D eigenvalue weighted by Gasteiger charge is -2.25. The summed E-state index contributed by atoms with van der Waals surface area (Å²) in [6.45, 7) is 3.07. The molecule has 1 aliphatic heterocycles. The molecule has 0 bridgehead atoms. The van der Waals surface area contributed by atoms with Crippen LogP contribution in [-0.2, 0) is 11.3 Å². The molecule has 3 aromatic rings. The average molecular weight is 387 g/mol. The van der Waals surface area contributed by atoms with Crippen molar-refractivity contribution in [3.63, 3.8) is 0 Å². The summed E-state index contributed by atoms with van der Waals surface area (Å²) < 4.78 is 16.3. The molecular weight excluding hydrogens is 370 g/mol. The smallest absolute Gasteiger partial charge is 0.292 e. The fraction of sp³-hybridized carbons (Fsp3) is 0.333. The van der Waals surface area contributed by atoms with Crippen LogP contribution in [0.25, 0.3) is 5.82 Å². The van der Waals surface area contributed by atoms with Crippen molar-refractivity contribution in [2.24, 2.45) is 5.10 Å². The summed E-state index contributed by atoms with van der Waals surface area (Å²) in [4.78, 5) is 14.9. The molecule has 1 amide bonds. The molecule has 4 heterocycles. The number of morpholine rings is 1. The van der Waals surface area contributed by atoms with Crippen LogP contribution in [0.5, 0.6) is 0 Å². The first-order chi connectivity index (χ1) is 13.7. The molecule has 3 aromatic heterocycles. The predicted molar refractivity (Wildman–Crippen MR) is 93.5 cm³/mol. The predicted octanol–water partition coefficient (Wildman–Crippen LogP) is -0.578. The fourth-order valence-electron chi connectivity index (χ4n) is 2.68. The summed E-state index contributed by atoms with van der Waals surface area (Å²) in [5.74, 6) is 0.000681. The average Bonchev–Trinajstić information content (AvgIpc) is 3.44. The number of anilines is 1. The Bertz CT molecular complexity index is 956. The number of nitrogens with zero attached hydrogens (tertiary/aromatic N) is 7. The number of furan rings is 1. The summed E-state index contributed by atoms with van der Waals surface area (Å²) >= 11 is 0. The maximum absolute atomic E-state index is 12.8. The number of carbonyl (C=O) groups excluding carboxylic acids is 1. The van der Waals surface area contributed by atoms with Crippen molar-refractivity contribution in [3.05, 3.63) is 35.5 Å². The second-order valence-corrected chi connectivity index (χ2v) is 5.87. The highest BCUT2D eigenvalue weighted by Gasteiger charge is 2.26. The molecule has 0 radical (unpaired) electrons. The standard InChI is InChI=1S/C15H17N9O4/c16-13-14(21-28-20-13)24-12(15(25)19-17-8-10-2-1-5-27-10)11(18-22-24)9-23-3-6-26-7-4-23/h1-2,5,8H,3-4,6-7,9H2,(H2,16,20)(H,19,25)/b17-8+. The Kier molecular flexibility index (Phi) is 5.07. The number of carbonyl (C=O) groups is 1. The van der Waals surface area contributed by atoms with Gasteiger partial charge >= 0.3 is 0 Å². The summed E-state index contributed by atoms with van der Waals surface area (Å²) in [6.07, 6.45) is 2.88. The van der Waals surface area contributed by atoms with Gasteiger partial charge in [-0.25, -0.2) is 10.1 Å². The van der Waals surface area contributed by atoms with Gasteiger partial charge in [-0.3, -0.25) is 9.69 Å². The highest BCUT2D eigenvalue weighted by molar-refractivity contribution is 5.94. The van der Waals surface area contributed by atoms with Gasteiger partial charge in [-0.05, 0) is 22.4 Å². The zero-order valence-electron chi connectivity index (χ0n) is 14.7. The second-order valence-electron chi connectivity index (χ2n) is 5.87. The SMILES string of the molecule is Nc1nonc1-n1nnc(CN2CCOCC2)c1C(=O)N/N=C/c1ccco1. The molecular formula is C15H17N9O4. The third-order valence-corrected chi connectivity index (χ3v) is 4.03. The molecule has 146 valence electrons. The third-order valence-electron chi connectivity index (χ3n) is 4.03. The maximum atomic E-state index is 12.8. The van der Waals surface area contributed by atoms with Gasteiger partial charge in [0.05, 0.1) is 25.7 Å². The number of nitrogen functional groups attached to an aromatic ring is 1. The molecule has 0 atom stereocenters. The van der Waals surface area contributed by atoms with Crippen LogP contribution in [0.1, 0.15) is 21.9 Å². The summed E-state index contributed by atoms with van der Waals surface area (Å²) in [5, 5.41) is 19.2. The molecule has 1 saturated heterocycles. The van der Waals surface area contributed by atoms with E-state index < -0.39 is 5.91 Å². The molecule has 4 rings (SSSR count). The lowest BCUT2D eigenvalue weighted by atomic mass is 10.2. The first-order valence-electron chi connectivity index (χ1n) is 8.42. The number of hydrogen-bond acceptors (Lipinski definition) is 11. The summed E-state index contributed by atoms with van der Waals surface area (Å²) in [6, 6.07) is 3.41. The lowest BCUT2D eigenvalue weighted by Crippen LogP contribution is -2.36. The Hall–Kier alpha value is -3.58. The van der Waals surface area contributed by atoms with Gasteiger partial charge in [-0.2, -0.15) is 9.78 Å². The summed E-state index contributed by atoms with van der Waals surface area (Å²) in [7, 11) is 0. The van der Waals surface area contributed by atoms with E-state index in [1.807, 2.05) is 0 Å². The highest BCUT2D eigenvalue weighted by Crippen LogP contribution is 2.17. The van der Waals surface area contributed by atoms with Crippen LogP contribution < -0.4 is 11.2 Å². The minimum absolute atomic E-state index is 0.0176. The number of hydrogen-bond donors (Lipinski definition) is 2. The molecule has 28 heavy (non-hydrogen) atoms. The highest BCUT2D eigenvalue weighted by atomic mass is 16.6. The van der Waals surface area contributed by atoms with E-state index in [2.05, 4.69) is 40.7 Å². The largest absolute Gasteiger partial charge is 0.463 e. The summed E-state index contributed by atoms with van der Waals surface area (Å²) in [5.41, 5.74) is 8.74. The van der Waals surface area contributed by atoms with Crippen LogP contribution >= 0.6 is 0 Å². The molecule has 1 aliphatic rings. The molecule has 13 nitrogen and oxygen atoms in total. The molecule has 1 fully saturated rings. The number of nitrogens with one attached hydrogen (secondary N) is 1. The molecule has 0 aliphatic carbocycles. The van der Waals surface area contributed by atoms with E-state index in [4.69, 9.17) is 14.9 Å². The quantitative estimate of drug-likeness (QED) is 0.413. The van der Waals surface area contributed by atoms with Crippen molar-refractivity contribution in [3.8, 4) is 5.82 Å². The van der Waals surface area contributed by atoms with Crippen molar-refractivity contribution in [1.29, 1.82) is 0 Å². The van der Waals surface area contributed by atoms with E-state index >= 15 is 0 Å². The van der Waals surface area contributed by atoms with Crippen molar-refractivity contribution in [2.45, 2.75) is 6.54 Å². The van der Waals surface area contributed by atoms with E-state index in [0.29, 0.717) is 31.2 Å². The Morgan fingerprint density at radius 2 is 2.21 bits per heavy atom. The molecule has 0 spiro atoms. The second kappa shape index (κ2) is 7.98. The number of ether oxygens (including phenoxy) is 1. The van der Waals surface area contributed by atoms with Crippen molar-refractivity contribution in [1.82, 2.24) is 35.6 Å². The maximum Gasteiger partial charge on any atom is 0.292 e. The Labute approximate surface area is 158 Å². The van der Waals surface area contributed by atoms with Crippen LogP contribution in [-0.4, -0.2) is 68.6 Å². The fourth-order valence-corrected chi connectivity index (χ4v) is 2.68. The minimum atomic E-state index is -0.543. The number of rotatable bonds is 6. The van der Waals surface area contributed by atoms with Gasteiger partial charge < -0.3 is 14.9 Å². The zero-order valence-corrected chi connectivity index (χ0v) is 14.7. The van der Waals surface area contributed by atoms with Crippen LogP contribution in [0.3, 0.4) is 0 Å². The first-order valence-corrected chi connectivity index (χ1v) is 8.42. The van der Waals surface area contributed by atoms with E-state index in [-0.39, 0.29) is 17.3 Å². The van der Waals surface area contributed by atoms with Gasteiger partial charge in [0.15, 0.2) is 5.69 Å². The van der Waals surface area contributed by atoms with Crippen LogP contribution in [0.4, 0.5) is 5.82 Å². The number of hydrazone groups is 1. The number of aromatic nitrogens is 5. The lowest BCUT2D eigenvalue weighted by molar-refractivity contribution is 0.0335. The van der Waals surface area contributed by atoms with Crippen LogP contribution in [0.15, 0.2) is 32.5 Å². The topological polar surface area (TPSA) is 163 Å². The van der Waals surface area contributed by atoms with E-state index in [1.165, 1.54) is 17.2 Å². The zero-order chi connectivity index (χ0) is 19.3. The van der Waals surface area contributed by atoms with Gasteiger partial charge in [0.2, 0.25) is 11.6 Å². The number of amides is 1. The Morgan fingerprint density at radius 1 is 1.36 bits per heavy atom. The van der Waals surface area contributed by atoms with Crippen molar-refractivity contribution in [2.75, 3.05) is 32.0 Å². The van der Waals surface area contributed by atoms with Crippen LogP contribution in [0.2, 0.25) is 0 Å². The molecule has 0 unspecified atom stereocenters. The molecule has 0 saturated carbocycles. The first kappa shape index (κ1) is 17.8. The molecule has 3 N–H and O–H groups in total. The Morgan fingerprint density at radius 3 is 2.93 bits per heavy atom. The van der Waals surface area contributed by atoms with Gasteiger partial charge in [-0.1, -0.05) is 5.21 Å². The number of nitrogens with two attached hydrogens (primary N) is 1. The van der Waals surface area contributed by atoms with Crippen LogP contribution in [0, 0.1) is 0 Å². The van der Waals surface area contributed by atoms with Gasteiger partial charge in [0.1, 0.15) is 11.5 Å². The minimum Gasteiger partial charge on any atom is -0.463 e. The molecule has 0 aromatic carbocycles. The van der Waals surface area contributed by atoms with Gasteiger partial charge in [0, 0.05) is 19.6 Å². The molecule has 13 heteroatoms. The van der Waals surface area contributed by atoms with E-state index in [1.54, 1.807) is 12.1 Å². The van der Waals surface area contributed by atoms with E-state index in [0.717, 1.165) is 13.1 Å². The van der Waals surface area contributed by atoms with Crippen molar-refractivity contribution >= 4 is 17.9 Å². The normalized spacial score (nSPS) is 15.3. The Balaban J connectivity index is 1.60.